The minimum Gasteiger partial charge on any atom is -0.354 e. The lowest BCUT2D eigenvalue weighted by atomic mass is 10.5. The lowest BCUT2D eigenvalue weighted by molar-refractivity contribution is -0.120. The van der Waals surface area contributed by atoms with Crippen LogP contribution in [0.2, 0.25) is 0 Å². The molecule has 0 saturated heterocycles. The van der Waals surface area contributed by atoms with Crippen molar-refractivity contribution in [2.75, 3.05) is 24.6 Å². The first-order chi connectivity index (χ1) is 8.41. The fourth-order valence-electron chi connectivity index (χ4n) is 0.882. The lowest BCUT2D eigenvalue weighted by Gasteiger charge is -2.06. The van der Waals surface area contributed by atoms with E-state index in [1.807, 2.05) is 0 Å². The highest BCUT2D eigenvalue weighted by molar-refractivity contribution is 8.02. The second-order valence-electron chi connectivity index (χ2n) is 3.15. The summed E-state index contributed by atoms with van der Waals surface area (Å²) >= 11 is 1.27. The van der Waals surface area contributed by atoms with Gasteiger partial charge < -0.3 is 10.6 Å². The maximum Gasteiger partial charge on any atom is 0.235 e. The number of hydrogen-bond donors (Lipinski definition) is 2. The highest BCUT2D eigenvalue weighted by Crippen LogP contribution is 1.97. The number of nitrogens with one attached hydrogen (secondary N) is 2. The largest absolute Gasteiger partial charge is 0.354 e. The molecule has 0 radical (unpaired) electrons. The first-order valence-electron chi connectivity index (χ1n) is 5.02. The topological polar surface area (TPSA) is 92.3 Å². The normalized spacial score (nSPS) is 10.4. The van der Waals surface area contributed by atoms with Crippen LogP contribution in [-0.2, 0) is 19.4 Å². The molecular weight excluding hydrogens is 276 g/mol. The van der Waals surface area contributed by atoms with Crippen molar-refractivity contribution in [3.05, 3.63) is 24.0 Å². The second-order valence-corrected chi connectivity index (χ2v) is 6.05. The zero-order valence-corrected chi connectivity index (χ0v) is 11.5. The molecule has 102 valence electrons. The summed E-state index contributed by atoms with van der Waals surface area (Å²) in [6.07, 6.45) is 0. The van der Waals surface area contributed by atoms with E-state index in [4.69, 9.17) is 0 Å². The van der Waals surface area contributed by atoms with Crippen molar-refractivity contribution < 1.29 is 18.0 Å². The van der Waals surface area contributed by atoms with Gasteiger partial charge in [0.2, 0.25) is 11.8 Å². The number of thioether (sulfide) groups is 1. The number of carbonyl (C=O) groups is 2. The average molecular weight is 292 g/mol. The number of amides is 2. The Kier molecular flexibility index (Phi) is 8.14. The van der Waals surface area contributed by atoms with Crippen LogP contribution in [0.4, 0.5) is 0 Å². The molecule has 0 atom stereocenters. The predicted octanol–water partition coefficient (Wildman–Crippen LogP) is -0.346. The van der Waals surface area contributed by atoms with Crippen molar-refractivity contribution in [2.24, 2.45) is 0 Å². The minimum atomic E-state index is -3.53. The van der Waals surface area contributed by atoms with Gasteiger partial charge in [0.15, 0.2) is 9.84 Å². The molecule has 0 heterocycles. The van der Waals surface area contributed by atoms with Gasteiger partial charge in [0.1, 0.15) is 5.75 Å². The summed E-state index contributed by atoms with van der Waals surface area (Å²) in [5.41, 5.74) is 0. The van der Waals surface area contributed by atoms with Crippen molar-refractivity contribution in [1.82, 2.24) is 10.6 Å². The summed E-state index contributed by atoms with van der Waals surface area (Å²) in [5, 5.41) is 7.23. The Morgan fingerprint density at radius 2 is 1.67 bits per heavy atom. The molecule has 6 nitrogen and oxygen atoms in total. The molecule has 0 spiro atoms. The Morgan fingerprint density at radius 1 is 1.11 bits per heavy atom. The van der Waals surface area contributed by atoms with Gasteiger partial charge in [-0.05, 0) is 5.41 Å². The molecule has 0 aliphatic rings. The Morgan fingerprint density at radius 3 is 2.17 bits per heavy atom. The summed E-state index contributed by atoms with van der Waals surface area (Å²) in [6, 6.07) is 0. The van der Waals surface area contributed by atoms with Gasteiger partial charge in [-0.25, -0.2) is 8.42 Å². The van der Waals surface area contributed by atoms with E-state index in [9.17, 15) is 18.0 Å². The third-order valence-electron chi connectivity index (χ3n) is 1.69. The van der Waals surface area contributed by atoms with Crippen LogP contribution in [-0.4, -0.2) is 44.8 Å². The van der Waals surface area contributed by atoms with Gasteiger partial charge in [0.25, 0.3) is 0 Å². The van der Waals surface area contributed by atoms with Crippen molar-refractivity contribution >= 4 is 33.4 Å². The lowest BCUT2D eigenvalue weighted by Crippen LogP contribution is -2.37. The van der Waals surface area contributed by atoms with Crippen LogP contribution in [0.1, 0.15) is 0 Å². The van der Waals surface area contributed by atoms with Gasteiger partial charge in [-0.1, -0.05) is 13.2 Å². The molecule has 2 amide bonds. The van der Waals surface area contributed by atoms with Gasteiger partial charge >= 0.3 is 0 Å². The summed E-state index contributed by atoms with van der Waals surface area (Å²) in [5.74, 6) is -1.16. The molecule has 0 rings (SSSR count). The van der Waals surface area contributed by atoms with E-state index >= 15 is 0 Å². The third kappa shape index (κ3) is 8.82. The molecule has 0 aromatic heterocycles. The maximum atomic E-state index is 11.2. The monoisotopic (exact) mass is 292 g/mol. The summed E-state index contributed by atoms with van der Waals surface area (Å²) in [6.45, 7) is 6.98. The predicted molar refractivity (Wildman–Crippen MR) is 72.7 cm³/mol. The second kappa shape index (κ2) is 8.76. The minimum absolute atomic E-state index is 0.173. The van der Waals surface area contributed by atoms with Crippen LogP contribution < -0.4 is 10.6 Å². The van der Waals surface area contributed by atoms with Crippen molar-refractivity contribution in [3.8, 4) is 0 Å². The molecule has 0 aromatic carbocycles. The van der Waals surface area contributed by atoms with E-state index in [2.05, 4.69) is 23.8 Å². The Bertz CT molecular complexity index is 418. The van der Waals surface area contributed by atoms with E-state index in [0.717, 1.165) is 5.41 Å². The highest BCUT2D eigenvalue weighted by Gasteiger charge is 2.11. The van der Waals surface area contributed by atoms with Crippen LogP contribution in [0, 0.1) is 0 Å². The van der Waals surface area contributed by atoms with Crippen LogP contribution >= 0.6 is 11.8 Å². The van der Waals surface area contributed by atoms with Crippen molar-refractivity contribution in [2.45, 2.75) is 0 Å². The van der Waals surface area contributed by atoms with Crippen LogP contribution in [0.25, 0.3) is 0 Å². The molecule has 0 bridgehead atoms. The molecule has 0 unspecified atom stereocenters. The molecule has 0 aliphatic carbocycles. The van der Waals surface area contributed by atoms with Gasteiger partial charge in [-0.15, -0.1) is 11.8 Å². The Balaban J connectivity index is 3.73. The van der Waals surface area contributed by atoms with E-state index in [0.29, 0.717) is 0 Å². The third-order valence-corrected chi connectivity index (χ3v) is 3.52. The smallest absolute Gasteiger partial charge is 0.235 e. The molecule has 8 heteroatoms. The van der Waals surface area contributed by atoms with Crippen LogP contribution in [0.15, 0.2) is 24.0 Å². The number of sulfone groups is 1. The number of hydrogen-bond acceptors (Lipinski definition) is 5. The van der Waals surface area contributed by atoms with E-state index in [1.54, 1.807) is 5.41 Å². The number of rotatable bonds is 9. The Hall–Kier alpha value is -1.28. The fourth-order valence-corrected chi connectivity index (χ4v) is 1.84. The van der Waals surface area contributed by atoms with E-state index < -0.39 is 21.5 Å². The van der Waals surface area contributed by atoms with E-state index in [1.165, 1.54) is 11.8 Å². The zero-order valence-electron chi connectivity index (χ0n) is 9.85. The molecule has 0 aromatic rings. The van der Waals surface area contributed by atoms with Gasteiger partial charge in [0.05, 0.1) is 5.75 Å². The standard InChI is InChI=1S/C10H16N2O4S2/c1-3-17-7-9(13)11-5-6-12-10(14)8-18(15,16)4-2/h3-4H,1-2,5-8H2,(H,11,13)(H,12,14). The van der Waals surface area contributed by atoms with Gasteiger partial charge in [-0.2, -0.15) is 0 Å². The van der Waals surface area contributed by atoms with Gasteiger partial charge in [0, 0.05) is 18.5 Å². The van der Waals surface area contributed by atoms with Crippen molar-refractivity contribution in [1.29, 1.82) is 0 Å². The SMILES string of the molecule is C=CSCC(=O)NCCNC(=O)CS(=O)(=O)C=C. The average Bonchev–Trinajstić information content (AvgIpc) is 2.31. The highest BCUT2D eigenvalue weighted by atomic mass is 32.2. The molecular formula is C10H16N2O4S2. The molecule has 0 fully saturated rings. The van der Waals surface area contributed by atoms with Gasteiger partial charge in [-0.3, -0.25) is 9.59 Å². The first-order valence-corrected chi connectivity index (χ1v) is 7.79. The first kappa shape index (κ1) is 16.7. The van der Waals surface area contributed by atoms with Crippen molar-refractivity contribution in [3.63, 3.8) is 0 Å². The Labute approximate surface area is 111 Å². The van der Waals surface area contributed by atoms with E-state index in [-0.39, 0.29) is 24.7 Å². The molecule has 0 aliphatic heterocycles. The fraction of sp³-hybridized carbons (Fsp3) is 0.400. The maximum absolute atomic E-state index is 11.2. The van der Waals surface area contributed by atoms with Crippen LogP contribution in [0.5, 0.6) is 0 Å². The molecule has 0 saturated carbocycles. The summed E-state index contributed by atoms with van der Waals surface area (Å²) in [4.78, 5) is 22.3. The molecule has 18 heavy (non-hydrogen) atoms. The quantitative estimate of drug-likeness (QED) is 0.567. The zero-order chi connectivity index (χ0) is 14.0. The summed E-state index contributed by atoms with van der Waals surface area (Å²) in [7, 11) is -3.53. The number of carbonyl (C=O) groups excluding carboxylic acids is 2. The summed E-state index contributed by atoms with van der Waals surface area (Å²) < 4.78 is 22.0. The van der Waals surface area contributed by atoms with Crippen LogP contribution in [0.3, 0.4) is 0 Å². The molecule has 2 N–H and O–H groups in total.